The summed E-state index contributed by atoms with van der Waals surface area (Å²) in [6, 6.07) is 10.1. The van der Waals surface area contributed by atoms with Gasteiger partial charge in [0.1, 0.15) is 18.2 Å². The number of ether oxygens (including phenoxy) is 2. The Kier molecular flexibility index (Phi) is 6.04. The SMILES string of the molecule is COCCOc1cc(-c2cc(C(=O)c3ccc(C)cc3F)ccc2O)nc(N)n1. The Hall–Kier alpha value is -3.52. The molecular formula is C21H20FN3O4. The van der Waals surface area contributed by atoms with E-state index in [2.05, 4.69) is 9.97 Å². The minimum atomic E-state index is -0.607. The van der Waals surface area contributed by atoms with Crippen molar-refractivity contribution in [2.24, 2.45) is 0 Å². The number of benzene rings is 2. The molecule has 3 rings (SSSR count). The lowest BCUT2D eigenvalue weighted by atomic mass is 9.98. The molecule has 0 aliphatic rings. The standard InChI is InChI=1S/C21H20FN3O4/c1-12-3-5-14(16(22)9-12)20(27)13-4-6-18(26)15(10-13)17-11-19(25-21(23)24-17)29-8-7-28-2/h3-6,9-11,26H,7-8H2,1-2H3,(H2,23,24,25). The van der Waals surface area contributed by atoms with Crippen molar-refractivity contribution >= 4 is 11.7 Å². The molecule has 0 amide bonds. The van der Waals surface area contributed by atoms with Crippen LogP contribution >= 0.6 is 0 Å². The summed E-state index contributed by atoms with van der Waals surface area (Å²) >= 11 is 0. The van der Waals surface area contributed by atoms with E-state index in [9.17, 15) is 14.3 Å². The molecule has 0 saturated carbocycles. The van der Waals surface area contributed by atoms with Crippen LogP contribution in [0.2, 0.25) is 0 Å². The van der Waals surface area contributed by atoms with Gasteiger partial charge in [-0.05, 0) is 42.8 Å². The first-order chi connectivity index (χ1) is 13.9. The average molecular weight is 397 g/mol. The number of carbonyl (C=O) groups is 1. The number of nitrogens with zero attached hydrogens (tertiary/aromatic N) is 2. The number of halogens is 1. The molecule has 8 heteroatoms. The summed E-state index contributed by atoms with van der Waals surface area (Å²) in [6.45, 7) is 2.35. The summed E-state index contributed by atoms with van der Waals surface area (Å²) in [5, 5.41) is 10.3. The number of phenols is 1. The number of aryl methyl sites for hydroxylation is 1. The largest absolute Gasteiger partial charge is 0.507 e. The first-order valence-electron chi connectivity index (χ1n) is 8.79. The van der Waals surface area contributed by atoms with E-state index in [0.717, 1.165) is 0 Å². The minimum absolute atomic E-state index is 0.0574. The lowest BCUT2D eigenvalue weighted by molar-refractivity contribution is 0.103. The number of rotatable bonds is 7. The highest BCUT2D eigenvalue weighted by Gasteiger charge is 2.17. The normalized spacial score (nSPS) is 10.7. The van der Waals surface area contributed by atoms with Crippen LogP contribution in [0.3, 0.4) is 0 Å². The zero-order chi connectivity index (χ0) is 21.0. The van der Waals surface area contributed by atoms with Crippen molar-refractivity contribution in [2.45, 2.75) is 6.92 Å². The van der Waals surface area contributed by atoms with Crippen LogP contribution in [-0.2, 0) is 4.74 Å². The topological polar surface area (TPSA) is 108 Å². The van der Waals surface area contributed by atoms with Crippen LogP contribution in [0, 0.1) is 12.7 Å². The zero-order valence-corrected chi connectivity index (χ0v) is 16.0. The van der Waals surface area contributed by atoms with Crippen LogP contribution in [0.25, 0.3) is 11.3 Å². The van der Waals surface area contributed by atoms with E-state index >= 15 is 0 Å². The Bertz CT molecular complexity index is 1060. The number of carbonyl (C=O) groups excluding carboxylic acids is 1. The molecule has 2 aromatic carbocycles. The third kappa shape index (κ3) is 4.67. The molecule has 3 N–H and O–H groups in total. The molecule has 150 valence electrons. The number of nitrogen functional groups attached to an aromatic ring is 1. The van der Waals surface area contributed by atoms with E-state index < -0.39 is 11.6 Å². The fraction of sp³-hybridized carbons (Fsp3) is 0.190. The smallest absolute Gasteiger partial charge is 0.223 e. The quantitative estimate of drug-likeness (QED) is 0.466. The number of aromatic nitrogens is 2. The highest BCUT2D eigenvalue weighted by Crippen LogP contribution is 2.31. The molecule has 0 spiro atoms. The molecule has 0 radical (unpaired) electrons. The van der Waals surface area contributed by atoms with Gasteiger partial charge in [0.15, 0.2) is 5.78 Å². The van der Waals surface area contributed by atoms with Gasteiger partial charge in [0.05, 0.1) is 17.9 Å². The van der Waals surface area contributed by atoms with Crippen molar-refractivity contribution < 1.29 is 23.8 Å². The number of aromatic hydroxyl groups is 1. The van der Waals surface area contributed by atoms with Gasteiger partial charge >= 0.3 is 0 Å². The van der Waals surface area contributed by atoms with Crippen molar-refractivity contribution in [3.63, 3.8) is 0 Å². The molecule has 1 heterocycles. The number of anilines is 1. The second kappa shape index (κ2) is 8.66. The van der Waals surface area contributed by atoms with Gasteiger partial charge in [-0.25, -0.2) is 9.37 Å². The van der Waals surface area contributed by atoms with Gasteiger partial charge < -0.3 is 20.3 Å². The molecule has 1 aromatic heterocycles. The Morgan fingerprint density at radius 3 is 2.66 bits per heavy atom. The predicted molar refractivity (Wildman–Crippen MR) is 105 cm³/mol. The van der Waals surface area contributed by atoms with Crippen LogP contribution in [0.4, 0.5) is 10.3 Å². The number of nitrogens with two attached hydrogens (primary N) is 1. The van der Waals surface area contributed by atoms with Crippen LogP contribution in [0.15, 0.2) is 42.5 Å². The Morgan fingerprint density at radius 2 is 1.93 bits per heavy atom. The van der Waals surface area contributed by atoms with Crippen LogP contribution in [0.5, 0.6) is 11.6 Å². The first-order valence-corrected chi connectivity index (χ1v) is 8.79. The molecule has 0 saturated heterocycles. The Labute approximate surface area is 166 Å². The van der Waals surface area contributed by atoms with Gasteiger partial charge in [-0.1, -0.05) is 6.07 Å². The second-order valence-electron chi connectivity index (χ2n) is 6.34. The van der Waals surface area contributed by atoms with E-state index in [1.54, 1.807) is 20.1 Å². The highest BCUT2D eigenvalue weighted by molar-refractivity contribution is 6.09. The van der Waals surface area contributed by atoms with Crippen molar-refractivity contribution in [2.75, 3.05) is 26.1 Å². The molecule has 0 fully saturated rings. The molecule has 0 atom stereocenters. The molecule has 3 aromatic rings. The monoisotopic (exact) mass is 397 g/mol. The predicted octanol–water partition coefficient (Wildman–Crippen LogP) is 3.14. The maximum Gasteiger partial charge on any atom is 0.223 e. The summed E-state index contributed by atoms with van der Waals surface area (Å²) in [5.74, 6) is -1.10. The van der Waals surface area contributed by atoms with E-state index in [0.29, 0.717) is 12.2 Å². The molecule has 0 unspecified atom stereocenters. The maximum absolute atomic E-state index is 14.2. The van der Waals surface area contributed by atoms with Gasteiger partial charge in [0.2, 0.25) is 11.8 Å². The zero-order valence-electron chi connectivity index (χ0n) is 16.0. The summed E-state index contributed by atoms with van der Waals surface area (Å²) < 4.78 is 24.6. The number of hydrogen-bond donors (Lipinski definition) is 2. The van der Waals surface area contributed by atoms with Gasteiger partial charge in [-0.15, -0.1) is 0 Å². The van der Waals surface area contributed by atoms with Crippen LogP contribution in [-0.4, -0.2) is 41.2 Å². The van der Waals surface area contributed by atoms with E-state index in [4.69, 9.17) is 15.2 Å². The van der Waals surface area contributed by atoms with E-state index in [1.165, 1.54) is 36.4 Å². The summed E-state index contributed by atoms with van der Waals surface area (Å²) in [7, 11) is 1.54. The van der Waals surface area contributed by atoms with Crippen LogP contribution < -0.4 is 10.5 Å². The number of methoxy groups -OCH3 is 1. The maximum atomic E-state index is 14.2. The fourth-order valence-electron chi connectivity index (χ4n) is 2.73. The molecule has 29 heavy (non-hydrogen) atoms. The van der Waals surface area contributed by atoms with Crippen molar-refractivity contribution in [1.29, 1.82) is 0 Å². The Balaban J connectivity index is 1.98. The fourth-order valence-corrected chi connectivity index (χ4v) is 2.73. The van der Waals surface area contributed by atoms with E-state index in [1.807, 2.05) is 0 Å². The lowest BCUT2D eigenvalue weighted by Gasteiger charge is -2.10. The van der Waals surface area contributed by atoms with Crippen LogP contribution in [0.1, 0.15) is 21.5 Å². The number of phenolic OH excluding ortho intramolecular Hbond substituents is 1. The Morgan fingerprint density at radius 1 is 1.14 bits per heavy atom. The summed E-state index contributed by atoms with van der Waals surface area (Å²) in [4.78, 5) is 20.8. The minimum Gasteiger partial charge on any atom is -0.507 e. The second-order valence-corrected chi connectivity index (χ2v) is 6.34. The first kappa shape index (κ1) is 20.2. The average Bonchev–Trinajstić information content (AvgIpc) is 2.67. The van der Waals surface area contributed by atoms with E-state index in [-0.39, 0.29) is 46.6 Å². The molecule has 0 aliphatic carbocycles. The summed E-state index contributed by atoms with van der Waals surface area (Å²) in [5.41, 5.74) is 7.10. The van der Waals surface area contributed by atoms with Gasteiger partial charge in [-0.2, -0.15) is 4.98 Å². The molecule has 0 bridgehead atoms. The van der Waals surface area contributed by atoms with Crippen molar-refractivity contribution in [1.82, 2.24) is 9.97 Å². The molecular weight excluding hydrogens is 377 g/mol. The number of ketones is 1. The molecule has 7 nitrogen and oxygen atoms in total. The summed E-state index contributed by atoms with van der Waals surface area (Å²) in [6.07, 6.45) is 0. The number of hydrogen-bond acceptors (Lipinski definition) is 7. The van der Waals surface area contributed by atoms with Crippen molar-refractivity contribution in [3.05, 3.63) is 65.0 Å². The third-order valence-corrected chi connectivity index (χ3v) is 4.16. The molecule has 0 aliphatic heterocycles. The highest BCUT2D eigenvalue weighted by atomic mass is 19.1. The van der Waals surface area contributed by atoms with Gasteiger partial charge in [0, 0.05) is 24.3 Å². The lowest BCUT2D eigenvalue weighted by Crippen LogP contribution is -2.08. The van der Waals surface area contributed by atoms with Gasteiger partial charge in [-0.3, -0.25) is 4.79 Å². The van der Waals surface area contributed by atoms with Gasteiger partial charge in [0.25, 0.3) is 0 Å². The van der Waals surface area contributed by atoms with Crippen molar-refractivity contribution in [3.8, 4) is 22.9 Å². The third-order valence-electron chi connectivity index (χ3n) is 4.16.